The second-order valence-corrected chi connectivity index (χ2v) is 5.60. The van der Waals surface area contributed by atoms with Gasteiger partial charge in [0.05, 0.1) is 11.1 Å². The van der Waals surface area contributed by atoms with Gasteiger partial charge in [0.15, 0.2) is 0 Å². The lowest BCUT2D eigenvalue weighted by molar-refractivity contribution is 0.707. The van der Waals surface area contributed by atoms with Crippen LogP contribution in [0.15, 0.2) is 39.9 Å². The maximum absolute atomic E-state index is 12.3. The molecule has 0 aliphatic carbocycles. The van der Waals surface area contributed by atoms with Crippen molar-refractivity contribution in [2.75, 3.05) is 0 Å². The molecule has 5 nitrogen and oxygen atoms in total. The van der Waals surface area contributed by atoms with Crippen molar-refractivity contribution < 1.29 is 0 Å². The van der Waals surface area contributed by atoms with E-state index in [0.717, 1.165) is 21.4 Å². The summed E-state index contributed by atoms with van der Waals surface area (Å²) in [6.07, 6.45) is 0. The van der Waals surface area contributed by atoms with Crippen LogP contribution in [0, 0.1) is 13.8 Å². The highest BCUT2D eigenvalue weighted by Crippen LogP contribution is 2.23. The number of aromatic nitrogens is 3. The summed E-state index contributed by atoms with van der Waals surface area (Å²) in [5, 5.41) is 0.456. The molecule has 0 amide bonds. The van der Waals surface area contributed by atoms with Crippen LogP contribution in [0.1, 0.15) is 11.1 Å². The Labute approximate surface area is 127 Å². The number of hydrogen-bond donors (Lipinski definition) is 0. The molecule has 5 heteroatoms. The smallest absolute Gasteiger partial charge is 0.280 e. The van der Waals surface area contributed by atoms with Gasteiger partial charge in [-0.3, -0.25) is 13.9 Å². The fraction of sp³-hybridized carbons (Fsp3) is 0.235. The molecule has 22 heavy (non-hydrogen) atoms. The van der Waals surface area contributed by atoms with Crippen LogP contribution in [0.2, 0.25) is 0 Å². The first-order valence-electron chi connectivity index (χ1n) is 7.04. The van der Waals surface area contributed by atoms with Crippen LogP contribution in [0.25, 0.3) is 22.3 Å². The minimum absolute atomic E-state index is 0.316. The van der Waals surface area contributed by atoms with Crippen molar-refractivity contribution in [1.29, 1.82) is 0 Å². The fourth-order valence-corrected chi connectivity index (χ4v) is 2.60. The molecule has 0 saturated carbocycles. The summed E-state index contributed by atoms with van der Waals surface area (Å²) >= 11 is 0. The third kappa shape index (κ3) is 2.06. The molecular weight excluding hydrogens is 278 g/mol. The maximum Gasteiger partial charge on any atom is 0.332 e. The van der Waals surface area contributed by atoms with Gasteiger partial charge in [-0.25, -0.2) is 9.78 Å². The molecule has 3 aromatic rings. The van der Waals surface area contributed by atoms with Crippen LogP contribution in [0.4, 0.5) is 0 Å². The Balaban J connectivity index is 2.40. The normalized spacial score (nSPS) is 11.1. The van der Waals surface area contributed by atoms with Gasteiger partial charge in [-0.2, -0.15) is 0 Å². The predicted octanol–water partition coefficient (Wildman–Crippen LogP) is 1.92. The molecular formula is C17H17N3O2. The Morgan fingerprint density at radius 2 is 1.59 bits per heavy atom. The molecule has 3 rings (SSSR count). The average molecular weight is 295 g/mol. The van der Waals surface area contributed by atoms with E-state index in [-0.39, 0.29) is 11.2 Å². The van der Waals surface area contributed by atoms with E-state index in [1.165, 1.54) is 17.2 Å². The molecule has 2 heterocycles. The van der Waals surface area contributed by atoms with E-state index in [1.807, 2.05) is 38.1 Å². The van der Waals surface area contributed by atoms with E-state index < -0.39 is 0 Å². The Morgan fingerprint density at radius 1 is 0.955 bits per heavy atom. The number of hydrogen-bond acceptors (Lipinski definition) is 3. The van der Waals surface area contributed by atoms with Crippen LogP contribution in [-0.2, 0) is 14.1 Å². The van der Waals surface area contributed by atoms with Crippen molar-refractivity contribution in [2.45, 2.75) is 13.8 Å². The SMILES string of the molecule is Cc1ccc(-c2nc3c(cc2C)c(=O)n(C)c(=O)n3C)cc1. The lowest BCUT2D eigenvalue weighted by Gasteiger charge is -2.11. The van der Waals surface area contributed by atoms with Gasteiger partial charge in [0.2, 0.25) is 0 Å². The second-order valence-electron chi connectivity index (χ2n) is 5.60. The van der Waals surface area contributed by atoms with Gasteiger partial charge >= 0.3 is 5.69 Å². The summed E-state index contributed by atoms with van der Waals surface area (Å²) in [5.41, 5.74) is 3.56. The first kappa shape index (κ1) is 14.3. The van der Waals surface area contributed by atoms with E-state index in [9.17, 15) is 9.59 Å². The molecule has 2 aromatic heterocycles. The van der Waals surface area contributed by atoms with Gasteiger partial charge in [-0.15, -0.1) is 0 Å². The summed E-state index contributed by atoms with van der Waals surface area (Å²) in [7, 11) is 3.11. The molecule has 112 valence electrons. The monoisotopic (exact) mass is 295 g/mol. The molecule has 0 aliphatic heterocycles. The third-order valence-corrected chi connectivity index (χ3v) is 3.94. The zero-order valence-electron chi connectivity index (χ0n) is 13.0. The zero-order chi connectivity index (χ0) is 16.0. The second kappa shape index (κ2) is 4.94. The number of benzene rings is 1. The lowest BCUT2D eigenvalue weighted by Crippen LogP contribution is -2.37. The van der Waals surface area contributed by atoms with Crippen LogP contribution >= 0.6 is 0 Å². The molecule has 1 aromatic carbocycles. The van der Waals surface area contributed by atoms with Crippen molar-refractivity contribution in [2.24, 2.45) is 14.1 Å². The van der Waals surface area contributed by atoms with Crippen LogP contribution < -0.4 is 11.2 Å². The van der Waals surface area contributed by atoms with Gasteiger partial charge in [0.1, 0.15) is 5.65 Å². The minimum Gasteiger partial charge on any atom is -0.280 e. The Bertz CT molecular complexity index is 996. The van der Waals surface area contributed by atoms with Gasteiger partial charge in [0, 0.05) is 19.7 Å². The number of pyridine rings is 1. The molecule has 0 atom stereocenters. The number of fused-ring (bicyclic) bond motifs is 1. The lowest BCUT2D eigenvalue weighted by atomic mass is 10.0. The summed E-state index contributed by atoms with van der Waals surface area (Å²) < 4.78 is 2.52. The highest BCUT2D eigenvalue weighted by Gasteiger charge is 2.13. The van der Waals surface area contributed by atoms with Gasteiger partial charge in [0.25, 0.3) is 5.56 Å². The van der Waals surface area contributed by atoms with Crippen molar-refractivity contribution in [3.8, 4) is 11.3 Å². The largest absolute Gasteiger partial charge is 0.332 e. The molecule has 0 radical (unpaired) electrons. The first-order chi connectivity index (χ1) is 10.4. The summed E-state index contributed by atoms with van der Waals surface area (Å²) in [6, 6.07) is 9.83. The predicted molar refractivity (Wildman–Crippen MR) is 87.1 cm³/mol. The van der Waals surface area contributed by atoms with Gasteiger partial charge < -0.3 is 0 Å². The van der Waals surface area contributed by atoms with E-state index in [1.54, 1.807) is 13.1 Å². The quantitative estimate of drug-likeness (QED) is 0.689. The summed E-state index contributed by atoms with van der Waals surface area (Å²) in [5.74, 6) is 0. The van der Waals surface area contributed by atoms with Crippen LogP contribution in [-0.4, -0.2) is 14.1 Å². The van der Waals surface area contributed by atoms with Crippen molar-refractivity contribution in [1.82, 2.24) is 14.1 Å². The molecule has 0 bridgehead atoms. The Morgan fingerprint density at radius 3 is 2.23 bits per heavy atom. The van der Waals surface area contributed by atoms with E-state index in [0.29, 0.717) is 11.0 Å². The van der Waals surface area contributed by atoms with Crippen LogP contribution in [0.3, 0.4) is 0 Å². The van der Waals surface area contributed by atoms with Crippen molar-refractivity contribution in [3.63, 3.8) is 0 Å². The number of nitrogens with zero attached hydrogens (tertiary/aromatic N) is 3. The average Bonchev–Trinajstić information content (AvgIpc) is 2.51. The molecule has 0 fully saturated rings. The number of aryl methyl sites for hydroxylation is 3. The fourth-order valence-electron chi connectivity index (χ4n) is 2.60. The molecule has 0 spiro atoms. The first-order valence-corrected chi connectivity index (χ1v) is 7.04. The molecule has 0 saturated heterocycles. The van der Waals surface area contributed by atoms with E-state index in [4.69, 9.17) is 0 Å². The van der Waals surface area contributed by atoms with E-state index >= 15 is 0 Å². The highest BCUT2D eigenvalue weighted by molar-refractivity contribution is 5.80. The summed E-state index contributed by atoms with van der Waals surface area (Å²) in [6.45, 7) is 3.95. The Hall–Kier alpha value is -2.69. The van der Waals surface area contributed by atoms with Crippen molar-refractivity contribution in [3.05, 3.63) is 62.3 Å². The Kier molecular flexibility index (Phi) is 3.20. The number of rotatable bonds is 1. The molecule has 0 N–H and O–H groups in total. The maximum atomic E-state index is 12.3. The van der Waals surface area contributed by atoms with Crippen LogP contribution in [0.5, 0.6) is 0 Å². The summed E-state index contributed by atoms with van der Waals surface area (Å²) in [4.78, 5) is 28.9. The highest BCUT2D eigenvalue weighted by atomic mass is 16.2. The molecule has 0 unspecified atom stereocenters. The molecule has 0 aliphatic rings. The topological polar surface area (TPSA) is 56.9 Å². The van der Waals surface area contributed by atoms with Gasteiger partial charge in [-0.05, 0) is 25.5 Å². The zero-order valence-corrected chi connectivity index (χ0v) is 13.0. The standard InChI is InChI=1S/C17H17N3O2/c1-10-5-7-12(8-6-10)14-11(2)9-13-15(18-14)19(3)17(22)20(4)16(13)21/h5-9H,1-4H3. The van der Waals surface area contributed by atoms with E-state index in [2.05, 4.69) is 4.98 Å². The van der Waals surface area contributed by atoms with Crippen molar-refractivity contribution >= 4 is 11.0 Å². The minimum atomic E-state index is -0.372. The van der Waals surface area contributed by atoms with Gasteiger partial charge in [-0.1, -0.05) is 29.8 Å². The third-order valence-electron chi connectivity index (χ3n) is 3.94.